The zero-order valence-corrected chi connectivity index (χ0v) is 31.5. The van der Waals surface area contributed by atoms with Crippen LogP contribution < -0.4 is 30.7 Å². The Morgan fingerprint density at radius 3 is 2.44 bits per heavy atom. The molecule has 54 heavy (non-hydrogen) atoms. The number of carbonyl (C=O) groups excluding carboxylic acids is 5. The van der Waals surface area contributed by atoms with Gasteiger partial charge in [0.15, 0.2) is 17.3 Å². The van der Waals surface area contributed by atoms with Crippen molar-refractivity contribution in [1.29, 1.82) is 0 Å². The van der Waals surface area contributed by atoms with Crippen LogP contribution in [0, 0.1) is 5.92 Å². The van der Waals surface area contributed by atoms with Crippen LogP contribution >= 0.6 is 0 Å². The van der Waals surface area contributed by atoms with Crippen molar-refractivity contribution in [2.24, 2.45) is 5.92 Å². The molecule has 0 bridgehead atoms. The number of para-hydroxylation sites is 1. The highest BCUT2D eigenvalue weighted by Gasteiger charge is 2.33. The molecule has 0 spiro atoms. The van der Waals surface area contributed by atoms with Crippen LogP contribution in [-0.4, -0.2) is 100 Å². The predicted octanol–water partition coefficient (Wildman–Crippen LogP) is 1.78. The predicted molar refractivity (Wildman–Crippen MR) is 200 cm³/mol. The van der Waals surface area contributed by atoms with Crippen molar-refractivity contribution in [3.63, 3.8) is 0 Å². The molecule has 0 aliphatic carbocycles. The Morgan fingerprint density at radius 2 is 1.72 bits per heavy atom. The third-order valence-electron chi connectivity index (χ3n) is 9.62. The first kappa shape index (κ1) is 39.3. The van der Waals surface area contributed by atoms with Crippen molar-refractivity contribution < 1.29 is 33.4 Å². The fraction of sp³-hybridized carbons (Fsp3) is 0.447. The number of nitrogens with zero attached hydrogens (tertiary/aromatic N) is 4. The van der Waals surface area contributed by atoms with Crippen LogP contribution in [0.3, 0.4) is 0 Å². The van der Waals surface area contributed by atoms with E-state index in [0.29, 0.717) is 36.0 Å². The van der Waals surface area contributed by atoms with Gasteiger partial charge in [0, 0.05) is 50.0 Å². The average Bonchev–Trinajstić information content (AvgIpc) is 3.75. The summed E-state index contributed by atoms with van der Waals surface area (Å²) in [6, 6.07) is 10.3. The van der Waals surface area contributed by atoms with Gasteiger partial charge in [-0.25, -0.2) is 9.67 Å². The van der Waals surface area contributed by atoms with Crippen molar-refractivity contribution in [2.75, 3.05) is 33.9 Å². The molecule has 0 unspecified atom stereocenters. The van der Waals surface area contributed by atoms with Gasteiger partial charge in [0.2, 0.25) is 29.5 Å². The Hall–Kier alpha value is -5.93. The summed E-state index contributed by atoms with van der Waals surface area (Å²) in [4.78, 5) is 76.6. The Bertz CT molecular complexity index is 1990. The number of H-pyrrole nitrogens is 1. The molecule has 5 amide bonds. The third-order valence-corrected chi connectivity index (χ3v) is 9.62. The summed E-state index contributed by atoms with van der Waals surface area (Å²) in [7, 11) is 3.10. The molecule has 0 radical (unpaired) electrons. The standard InChI is InChI=1S/C38H49N9O7/c1-7-22(2)35-38(52)41-23(3)36-43-32(17-25-12-13-30(53-5)31(16-25)54-6)45-47(36)21-33(49)39-14-15-46(24(4)48)20-34(50)42-29(37(51)44-35)18-26-19-40-28-11-9-8-10-27(26)28/h8-13,16,19,22-23,29,35,40H,7,14-15,17-18,20-21H2,1-6H3,(H,39,49)(H,41,52)(H,42,50)(H,44,51)/t22-,23+,29+,35-/m0/s1. The molecular formula is C38H49N9O7. The molecular weight excluding hydrogens is 694 g/mol. The van der Waals surface area contributed by atoms with E-state index in [1.807, 2.05) is 50.2 Å². The lowest BCUT2D eigenvalue weighted by Gasteiger charge is -2.28. The van der Waals surface area contributed by atoms with Crippen LogP contribution in [0.15, 0.2) is 48.7 Å². The number of aromatic nitrogens is 4. The third kappa shape index (κ3) is 9.53. The van der Waals surface area contributed by atoms with Gasteiger partial charge in [0.1, 0.15) is 24.5 Å². The van der Waals surface area contributed by atoms with Gasteiger partial charge in [0.25, 0.3) is 0 Å². The van der Waals surface area contributed by atoms with E-state index in [9.17, 15) is 24.0 Å². The van der Waals surface area contributed by atoms with Gasteiger partial charge in [-0.3, -0.25) is 24.0 Å². The fourth-order valence-corrected chi connectivity index (χ4v) is 6.42. The number of aromatic amines is 1. The van der Waals surface area contributed by atoms with Gasteiger partial charge < -0.3 is 40.6 Å². The number of hydrogen-bond donors (Lipinski definition) is 5. The van der Waals surface area contributed by atoms with Crippen LogP contribution in [0.2, 0.25) is 0 Å². The first-order valence-electron chi connectivity index (χ1n) is 18.0. The quantitative estimate of drug-likeness (QED) is 0.178. The van der Waals surface area contributed by atoms with Crippen molar-refractivity contribution in [2.45, 2.75) is 71.6 Å². The van der Waals surface area contributed by atoms with Gasteiger partial charge in [-0.05, 0) is 42.2 Å². The van der Waals surface area contributed by atoms with Gasteiger partial charge in [-0.15, -0.1) is 0 Å². The van der Waals surface area contributed by atoms with E-state index in [1.54, 1.807) is 33.4 Å². The molecule has 3 heterocycles. The van der Waals surface area contributed by atoms with Gasteiger partial charge in [-0.1, -0.05) is 44.5 Å². The molecule has 5 N–H and O–H groups in total. The Kier molecular flexibility index (Phi) is 12.9. The first-order chi connectivity index (χ1) is 25.9. The van der Waals surface area contributed by atoms with E-state index in [2.05, 4.69) is 31.3 Å². The van der Waals surface area contributed by atoms with Crippen LogP contribution in [-0.2, 0) is 43.4 Å². The Labute approximate surface area is 313 Å². The monoisotopic (exact) mass is 743 g/mol. The van der Waals surface area contributed by atoms with E-state index in [1.165, 1.54) is 16.5 Å². The molecule has 0 saturated carbocycles. The summed E-state index contributed by atoms with van der Waals surface area (Å²) in [5.41, 5.74) is 2.49. The molecule has 16 heteroatoms. The fourth-order valence-electron chi connectivity index (χ4n) is 6.42. The number of fused-ring (bicyclic) bond motifs is 2. The van der Waals surface area contributed by atoms with E-state index in [0.717, 1.165) is 22.0 Å². The molecule has 0 saturated heterocycles. The molecule has 2 aromatic heterocycles. The maximum absolute atomic E-state index is 14.1. The maximum Gasteiger partial charge on any atom is 0.243 e. The van der Waals surface area contributed by atoms with Crippen LogP contribution in [0.4, 0.5) is 0 Å². The van der Waals surface area contributed by atoms with E-state index in [4.69, 9.17) is 14.5 Å². The Balaban J connectivity index is 1.47. The highest BCUT2D eigenvalue weighted by atomic mass is 16.5. The summed E-state index contributed by atoms with van der Waals surface area (Å²) < 4.78 is 12.2. The van der Waals surface area contributed by atoms with Crippen molar-refractivity contribution in [3.8, 4) is 11.5 Å². The van der Waals surface area contributed by atoms with E-state index >= 15 is 0 Å². The molecule has 4 atom stereocenters. The van der Waals surface area contributed by atoms with E-state index < -0.39 is 41.8 Å². The molecule has 1 aliphatic heterocycles. The number of ether oxygens (including phenoxy) is 2. The van der Waals surface area contributed by atoms with Crippen LogP contribution in [0.25, 0.3) is 10.9 Å². The van der Waals surface area contributed by atoms with Crippen LogP contribution in [0.1, 0.15) is 62.9 Å². The smallest absolute Gasteiger partial charge is 0.243 e. The SMILES string of the molecule is CC[C@H](C)[C@@H]1NC(=O)[C@@H](Cc2c[nH]c3ccccc23)NC(=O)CN(C(C)=O)CCNC(=O)Cn2nc(Cc3ccc(OC)c(OC)c3)nc2[C@@H](C)NC1=O. The zero-order chi connectivity index (χ0) is 38.9. The number of carbonyl (C=O) groups is 5. The second kappa shape index (κ2) is 17.7. The van der Waals surface area contributed by atoms with Gasteiger partial charge in [0.05, 0.1) is 26.8 Å². The summed E-state index contributed by atoms with van der Waals surface area (Å²) in [5.74, 6) is -0.829. The summed E-state index contributed by atoms with van der Waals surface area (Å²) in [6.45, 7) is 6.36. The van der Waals surface area contributed by atoms with Crippen molar-refractivity contribution >= 4 is 40.4 Å². The molecule has 1 aliphatic rings. The number of nitrogens with one attached hydrogen (secondary N) is 5. The summed E-state index contributed by atoms with van der Waals surface area (Å²) in [6.07, 6.45) is 2.76. The molecule has 2 aromatic carbocycles. The first-order valence-corrected chi connectivity index (χ1v) is 18.0. The second-order valence-corrected chi connectivity index (χ2v) is 13.5. The maximum atomic E-state index is 14.1. The summed E-state index contributed by atoms with van der Waals surface area (Å²) >= 11 is 0. The lowest BCUT2D eigenvalue weighted by molar-refractivity contribution is -0.136. The highest BCUT2D eigenvalue weighted by molar-refractivity contribution is 5.94. The van der Waals surface area contributed by atoms with E-state index in [-0.39, 0.29) is 44.4 Å². The lowest BCUT2D eigenvalue weighted by Crippen LogP contribution is -2.57. The Morgan fingerprint density at radius 1 is 0.963 bits per heavy atom. The number of hydrogen-bond acceptors (Lipinski definition) is 9. The van der Waals surface area contributed by atoms with Gasteiger partial charge >= 0.3 is 0 Å². The van der Waals surface area contributed by atoms with Crippen molar-refractivity contribution in [3.05, 3.63) is 71.4 Å². The zero-order valence-electron chi connectivity index (χ0n) is 31.5. The normalized spacial score (nSPS) is 19.7. The number of benzene rings is 2. The highest BCUT2D eigenvalue weighted by Crippen LogP contribution is 2.28. The largest absolute Gasteiger partial charge is 0.493 e. The average molecular weight is 744 g/mol. The molecule has 5 rings (SSSR count). The number of rotatable bonds is 8. The second-order valence-electron chi connectivity index (χ2n) is 13.5. The molecule has 16 nitrogen and oxygen atoms in total. The molecule has 4 aromatic rings. The van der Waals surface area contributed by atoms with Crippen molar-refractivity contribution in [1.82, 2.24) is 45.9 Å². The number of amides is 5. The minimum Gasteiger partial charge on any atom is -0.493 e. The minimum atomic E-state index is -1.08. The summed E-state index contributed by atoms with van der Waals surface area (Å²) in [5, 5.41) is 17.0. The molecule has 288 valence electrons. The molecule has 0 fully saturated rings. The lowest BCUT2D eigenvalue weighted by atomic mass is 9.96. The minimum absolute atomic E-state index is 0.0467. The topological polar surface area (TPSA) is 202 Å². The number of methoxy groups -OCH3 is 2. The van der Waals surface area contributed by atoms with Gasteiger partial charge in [-0.2, -0.15) is 5.10 Å². The van der Waals surface area contributed by atoms with Crippen LogP contribution in [0.5, 0.6) is 11.5 Å².